The molecule has 0 N–H and O–H groups in total. The lowest BCUT2D eigenvalue weighted by atomic mass is 9.77. The second-order valence-electron chi connectivity index (χ2n) is 4.83. The van der Waals surface area contributed by atoms with Crippen molar-refractivity contribution >= 4 is 19.2 Å². The average molecular weight is 209 g/mol. The summed E-state index contributed by atoms with van der Waals surface area (Å²) in [4.78, 5) is 0. The van der Waals surface area contributed by atoms with Crippen LogP contribution in [0.5, 0.6) is 0 Å². The number of rotatable bonds is 4. The van der Waals surface area contributed by atoms with Gasteiger partial charge in [-0.05, 0) is 30.8 Å². The molecule has 0 aliphatic carbocycles. The van der Waals surface area contributed by atoms with Gasteiger partial charge < -0.3 is 0 Å². The zero-order valence-electron chi connectivity index (χ0n) is 9.11. The van der Waals surface area contributed by atoms with Crippen LogP contribution < -0.4 is 0 Å². The van der Waals surface area contributed by atoms with E-state index in [-0.39, 0.29) is 0 Å². The van der Waals surface area contributed by atoms with Crippen LogP contribution in [-0.2, 0) is 0 Å². The Morgan fingerprint density at radius 1 is 1.00 bits per heavy atom. The smallest absolute Gasteiger partial charge is 0.000698 e. The highest BCUT2D eigenvalue weighted by molar-refractivity contribution is 7.69. The van der Waals surface area contributed by atoms with E-state index in [0.29, 0.717) is 13.1 Å². The first kappa shape index (κ1) is 12.7. The molecule has 0 aromatic rings. The molecule has 0 saturated heterocycles. The third-order valence-electron chi connectivity index (χ3n) is 2.51. The van der Waals surface area contributed by atoms with Crippen molar-refractivity contribution < 1.29 is 0 Å². The van der Waals surface area contributed by atoms with Crippen LogP contribution in [0.2, 0.25) is 0 Å². The topological polar surface area (TPSA) is 0 Å². The molecular weight excluding hydrogens is 187 g/mol. The Bertz CT molecular complexity index is 122. The summed E-state index contributed by atoms with van der Waals surface area (Å²) in [6.45, 7) is 13.7. The SMILES string of the molecule is CC(C)C(C(C)C)C(C)(C)PCl. The minimum atomic E-state index is 0.296. The van der Waals surface area contributed by atoms with Crippen LogP contribution in [-0.4, -0.2) is 5.16 Å². The van der Waals surface area contributed by atoms with E-state index in [1.54, 1.807) is 0 Å². The second kappa shape index (κ2) is 4.82. The molecule has 0 radical (unpaired) electrons. The Hall–Kier alpha value is 0.720. The second-order valence-corrected chi connectivity index (χ2v) is 6.87. The van der Waals surface area contributed by atoms with Gasteiger partial charge in [-0.25, -0.2) is 0 Å². The molecule has 2 heteroatoms. The zero-order chi connectivity index (χ0) is 9.94. The molecule has 12 heavy (non-hydrogen) atoms. The molecule has 0 spiro atoms. The van der Waals surface area contributed by atoms with Crippen molar-refractivity contribution in [3.05, 3.63) is 0 Å². The molecule has 0 aliphatic rings. The van der Waals surface area contributed by atoms with Gasteiger partial charge in [-0.2, -0.15) is 0 Å². The normalized spacial score (nSPS) is 14.5. The Labute approximate surface area is 84.0 Å². The maximum Gasteiger partial charge on any atom is -0.000698 e. The standard InChI is InChI=1S/C10H22ClP/c1-7(2)9(8(3)4)10(5,6)12-11/h7-9,12H,1-6H3. The van der Waals surface area contributed by atoms with Crippen molar-refractivity contribution in [2.75, 3.05) is 0 Å². The van der Waals surface area contributed by atoms with Gasteiger partial charge in [0.1, 0.15) is 0 Å². The van der Waals surface area contributed by atoms with E-state index in [2.05, 4.69) is 41.5 Å². The van der Waals surface area contributed by atoms with E-state index in [9.17, 15) is 0 Å². The van der Waals surface area contributed by atoms with E-state index in [1.165, 1.54) is 0 Å². The maximum atomic E-state index is 6.00. The highest BCUT2D eigenvalue weighted by atomic mass is 35.7. The molecule has 1 unspecified atom stereocenters. The van der Waals surface area contributed by atoms with Gasteiger partial charge in [-0.1, -0.05) is 52.8 Å². The Balaban J connectivity index is 4.50. The summed E-state index contributed by atoms with van der Waals surface area (Å²) in [6.07, 6.45) is 0. The highest BCUT2D eigenvalue weighted by Crippen LogP contribution is 2.46. The van der Waals surface area contributed by atoms with Gasteiger partial charge in [-0.15, -0.1) is 0 Å². The highest BCUT2D eigenvalue weighted by Gasteiger charge is 2.33. The Kier molecular flexibility index (Phi) is 5.11. The minimum absolute atomic E-state index is 0.296. The molecule has 0 nitrogen and oxygen atoms in total. The summed E-state index contributed by atoms with van der Waals surface area (Å²) in [6, 6.07) is 0. The van der Waals surface area contributed by atoms with Gasteiger partial charge in [0.25, 0.3) is 0 Å². The molecule has 0 aromatic heterocycles. The lowest BCUT2D eigenvalue weighted by Gasteiger charge is -2.38. The van der Waals surface area contributed by atoms with Crippen LogP contribution >= 0.6 is 19.2 Å². The zero-order valence-corrected chi connectivity index (χ0v) is 10.9. The summed E-state index contributed by atoms with van der Waals surface area (Å²) in [7, 11) is 0.523. The van der Waals surface area contributed by atoms with Crippen molar-refractivity contribution in [1.29, 1.82) is 0 Å². The van der Waals surface area contributed by atoms with Crippen LogP contribution in [0.15, 0.2) is 0 Å². The summed E-state index contributed by atoms with van der Waals surface area (Å²) >= 11 is 6.00. The molecule has 0 aromatic carbocycles. The van der Waals surface area contributed by atoms with Gasteiger partial charge in [-0.3, -0.25) is 0 Å². The van der Waals surface area contributed by atoms with E-state index >= 15 is 0 Å². The van der Waals surface area contributed by atoms with E-state index in [4.69, 9.17) is 11.2 Å². The molecular formula is C10H22ClP. The predicted octanol–water partition coefficient (Wildman–Crippen LogP) is 4.53. The third-order valence-corrected chi connectivity index (χ3v) is 4.79. The predicted molar refractivity (Wildman–Crippen MR) is 61.4 cm³/mol. The summed E-state index contributed by atoms with van der Waals surface area (Å²) in [5.41, 5.74) is 0. The van der Waals surface area contributed by atoms with Crippen LogP contribution in [0.3, 0.4) is 0 Å². The molecule has 0 saturated carbocycles. The first-order chi connectivity index (χ1) is 5.33. The fraction of sp³-hybridized carbons (Fsp3) is 1.00. The summed E-state index contributed by atoms with van der Waals surface area (Å²) in [5, 5.41) is 0.296. The maximum absolute atomic E-state index is 6.00. The fourth-order valence-electron chi connectivity index (χ4n) is 2.50. The van der Waals surface area contributed by atoms with Crippen molar-refractivity contribution in [2.45, 2.75) is 46.7 Å². The van der Waals surface area contributed by atoms with Crippen molar-refractivity contribution in [1.82, 2.24) is 0 Å². The number of halogens is 1. The third kappa shape index (κ3) is 3.23. The lowest BCUT2D eigenvalue weighted by Crippen LogP contribution is -2.33. The van der Waals surface area contributed by atoms with Crippen molar-refractivity contribution in [3.63, 3.8) is 0 Å². The monoisotopic (exact) mass is 208 g/mol. The Morgan fingerprint density at radius 2 is 1.33 bits per heavy atom. The van der Waals surface area contributed by atoms with Crippen LogP contribution in [0.25, 0.3) is 0 Å². The van der Waals surface area contributed by atoms with Crippen LogP contribution in [0.1, 0.15) is 41.5 Å². The first-order valence-corrected chi connectivity index (χ1v) is 6.72. The quantitative estimate of drug-likeness (QED) is 0.596. The molecule has 0 aliphatic heterocycles. The minimum Gasteiger partial charge on any atom is -0.0995 e. The molecule has 0 heterocycles. The van der Waals surface area contributed by atoms with Crippen LogP contribution in [0, 0.1) is 17.8 Å². The molecule has 1 atom stereocenters. The summed E-state index contributed by atoms with van der Waals surface area (Å²) in [5.74, 6) is 2.19. The molecule has 74 valence electrons. The molecule has 0 rings (SSSR count). The van der Waals surface area contributed by atoms with E-state index < -0.39 is 0 Å². The van der Waals surface area contributed by atoms with Gasteiger partial charge in [0.05, 0.1) is 0 Å². The largest absolute Gasteiger partial charge is 0.0995 e. The van der Waals surface area contributed by atoms with Crippen molar-refractivity contribution in [2.24, 2.45) is 17.8 Å². The van der Waals surface area contributed by atoms with Gasteiger partial charge >= 0.3 is 0 Å². The van der Waals surface area contributed by atoms with Gasteiger partial charge in [0.2, 0.25) is 0 Å². The van der Waals surface area contributed by atoms with Crippen molar-refractivity contribution in [3.8, 4) is 0 Å². The average Bonchev–Trinajstić information content (AvgIpc) is 1.84. The van der Waals surface area contributed by atoms with Gasteiger partial charge in [0.15, 0.2) is 0 Å². The fourth-order valence-corrected chi connectivity index (χ4v) is 3.67. The molecule has 0 fully saturated rings. The number of hydrogen-bond acceptors (Lipinski definition) is 0. The molecule has 0 bridgehead atoms. The number of hydrogen-bond donors (Lipinski definition) is 0. The first-order valence-electron chi connectivity index (χ1n) is 4.70. The van der Waals surface area contributed by atoms with Crippen LogP contribution in [0.4, 0.5) is 0 Å². The lowest BCUT2D eigenvalue weighted by molar-refractivity contribution is 0.235. The molecule has 0 amide bonds. The summed E-state index contributed by atoms with van der Waals surface area (Å²) < 4.78 is 0. The Morgan fingerprint density at radius 3 is 1.42 bits per heavy atom. The van der Waals surface area contributed by atoms with Gasteiger partial charge in [0, 0.05) is 0 Å². The van der Waals surface area contributed by atoms with E-state index in [1.807, 2.05) is 0 Å². The van der Waals surface area contributed by atoms with E-state index in [0.717, 1.165) is 17.8 Å².